The Balaban J connectivity index is 2.68. The largest absolute Gasteiger partial charge is 0.455 e. The zero-order chi connectivity index (χ0) is 13.3. The minimum atomic E-state index is -1.62. The molecule has 0 fully saturated rings. The summed E-state index contributed by atoms with van der Waals surface area (Å²) in [5.74, 6) is 0.148. The molecule has 0 aromatic carbocycles. The monoisotopic (exact) mass is 298 g/mol. The fourth-order valence-electron chi connectivity index (χ4n) is 1.07. The average molecular weight is 300 g/mol. The molecule has 1 rings (SSSR count). The van der Waals surface area contributed by atoms with Gasteiger partial charge in [0.05, 0.1) is 0 Å². The van der Waals surface area contributed by atoms with Gasteiger partial charge in [0.2, 0.25) is 9.55 Å². The zero-order valence-corrected chi connectivity index (χ0v) is 12.0. The molecule has 0 aliphatic carbocycles. The minimum absolute atomic E-state index is 0.101. The molecular weight excluding hydrogens is 286 g/mol. The van der Waals surface area contributed by atoms with E-state index in [-0.39, 0.29) is 17.8 Å². The van der Waals surface area contributed by atoms with E-state index in [1.165, 1.54) is 0 Å². The van der Waals surface area contributed by atoms with Crippen LogP contribution in [0, 0.1) is 0 Å². The second-order valence-electron chi connectivity index (χ2n) is 4.61. The van der Waals surface area contributed by atoms with Gasteiger partial charge in [-0.3, -0.25) is 0 Å². The molecule has 96 valence electrons. The van der Waals surface area contributed by atoms with E-state index in [0.717, 1.165) is 0 Å². The third-order valence-electron chi connectivity index (χ3n) is 1.91. The topological polar surface area (TPSA) is 39.4 Å². The van der Waals surface area contributed by atoms with Gasteiger partial charge in [0.25, 0.3) is 0 Å². The standard InChI is InChI=1S/C11H13Cl3O3/c1-10(2,3)8-5-4-7(17-8)9(15)16-6-11(12,13)14/h4-5H,6H2,1-3H3. The van der Waals surface area contributed by atoms with Crippen LogP contribution in [0.1, 0.15) is 37.1 Å². The summed E-state index contributed by atoms with van der Waals surface area (Å²) < 4.78 is 8.55. The summed E-state index contributed by atoms with van der Waals surface area (Å²) in [5, 5.41) is 0. The second-order valence-corrected chi connectivity index (χ2v) is 7.12. The molecule has 1 aromatic rings. The first kappa shape index (κ1) is 14.7. The molecule has 0 saturated heterocycles. The summed E-state index contributed by atoms with van der Waals surface area (Å²) in [7, 11) is 0. The van der Waals surface area contributed by atoms with E-state index in [1.807, 2.05) is 20.8 Å². The van der Waals surface area contributed by atoms with Gasteiger partial charge in [0.1, 0.15) is 12.4 Å². The maximum absolute atomic E-state index is 11.5. The SMILES string of the molecule is CC(C)(C)c1ccc(C(=O)OCC(Cl)(Cl)Cl)o1. The van der Waals surface area contributed by atoms with Crippen molar-refractivity contribution in [2.75, 3.05) is 6.61 Å². The Labute approximate surface area is 115 Å². The molecule has 0 atom stereocenters. The molecule has 1 heterocycles. The maximum Gasteiger partial charge on any atom is 0.374 e. The molecule has 17 heavy (non-hydrogen) atoms. The van der Waals surface area contributed by atoms with E-state index in [2.05, 4.69) is 0 Å². The normalized spacial score (nSPS) is 12.6. The van der Waals surface area contributed by atoms with Crippen LogP contribution in [0.3, 0.4) is 0 Å². The van der Waals surface area contributed by atoms with E-state index in [4.69, 9.17) is 44.0 Å². The van der Waals surface area contributed by atoms with Gasteiger partial charge in [0.15, 0.2) is 0 Å². The van der Waals surface area contributed by atoms with Crippen molar-refractivity contribution in [1.82, 2.24) is 0 Å². The average Bonchev–Trinajstić information content (AvgIpc) is 2.60. The number of furan rings is 1. The van der Waals surface area contributed by atoms with Gasteiger partial charge in [0, 0.05) is 5.41 Å². The van der Waals surface area contributed by atoms with Crippen LogP contribution in [0.5, 0.6) is 0 Å². The Bertz CT molecular complexity index is 399. The van der Waals surface area contributed by atoms with Crippen molar-refractivity contribution in [2.45, 2.75) is 30.0 Å². The van der Waals surface area contributed by atoms with E-state index < -0.39 is 9.76 Å². The first-order chi connectivity index (χ1) is 7.59. The van der Waals surface area contributed by atoms with Crippen LogP contribution >= 0.6 is 34.8 Å². The Kier molecular flexibility index (Phi) is 4.39. The van der Waals surface area contributed by atoms with Crippen molar-refractivity contribution in [2.24, 2.45) is 0 Å². The molecule has 0 unspecified atom stereocenters. The number of alkyl halides is 3. The minimum Gasteiger partial charge on any atom is -0.455 e. The van der Waals surface area contributed by atoms with E-state index in [9.17, 15) is 4.79 Å². The predicted octanol–water partition coefficient (Wildman–Crippen LogP) is 4.10. The fraction of sp³-hybridized carbons (Fsp3) is 0.545. The van der Waals surface area contributed by atoms with Gasteiger partial charge in [-0.2, -0.15) is 0 Å². The van der Waals surface area contributed by atoms with Crippen molar-refractivity contribution in [3.8, 4) is 0 Å². The number of esters is 1. The predicted molar refractivity (Wildman–Crippen MR) is 68.0 cm³/mol. The lowest BCUT2D eigenvalue weighted by atomic mass is 9.94. The highest BCUT2D eigenvalue weighted by Crippen LogP contribution is 2.27. The number of hydrogen-bond donors (Lipinski definition) is 0. The highest BCUT2D eigenvalue weighted by atomic mass is 35.6. The van der Waals surface area contributed by atoms with Crippen LogP contribution in [0.15, 0.2) is 16.5 Å². The van der Waals surface area contributed by atoms with Gasteiger partial charge in [-0.25, -0.2) is 4.79 Å². The summed E-state index contributed by atoms with van der Waals surface area (Å²) in [6.45, 7) is 5.61. The van der Waals surface area contributed by atoms with Crippen LogP contribution in [0.4, 0.5) is 0 Å². The molecular formula is C11H13Cl3O3. The van der Waals surface area contributed by atoms with Crippen LogP contribution in [0.2, 0.25) is 0 Å². The molecule has 0 bridgehead atoms. The smallest absolute Gasteiger partial charge is 0.374 e. The Morgan fingerprint density at radius 3 is 2.29 bits per heavy atom. The van der Waals surface area contributed by atoms with Crippen LogP contribution in [-0.2, 0) is 10.2 Å². The number of ether oxygens (including phenoxy) is 1. The summed E-state index contributed by atoms with van der Waals surface area (Å²) in [6, 6.07) is 3.27. The molecule has 0 spiro atoms. The molecule has 0 amide bonds. The molecule has 0 saturated carbocycles. The van der Waals surface area contributed by atoms with E-state index in [1.54, 1.807) is 12.1 Å². The molecule has 1 aromatic heterocycles. The molecule has 0 aliphatic heterocycles. The quantitative estimate of drug-likeness (QED) is 0.609. The highest BCUT2D eigenvalue weighted by Gasteiger charge is 2.25. The van der Waals surface area contributed by atoms with Gasteiger partial charge >= 0.3 is 5.97 Å². The van der Waals surface area contributed by atoms with Crippen molar-refractivity contribution in [3.05, 3.63) is 23.7 Å². The number of carbonyl (C=O) groups excluding carboxylic acids is 1. The zero-order valence-electron chi connectivity index (χ0n) is 9.72. The van der Waals surface area contributed by atoms with Gasteiger partial charge in [-0.1, -0.05) is 55.6 Å². The number of halogens is 3. The summed E-state index contributed by atoms with van der Waals surface area (Å²) >= 11 is 16.4. The lowest BCUT2D eigenvalue weighted by molar-refractivity contribution is 0.0472. The van der Waals surface area contributed by atoms with Gasteiger partial charge < -0.3 is 9.15 Å². The van der Waals surface area contributed by atoms with Crippen molar-refractivity contribution < 1.29 is 13.9 Å². The summed E-state index contributed by atoms with van der Waals surface area (Å²) in [4.78, 5) is 11.5. The van der Waals surface area contributed by atoms with E-state index >= 15 is 0 Å². The van der Waals surface area contributed by atoms with Crippen LogP contribution in [-0.4, -0.2) is 16.4 Å². The Morgan fingerprint density at radius 1 is 1.29 bits per heavy atom. The van der Waals surface area contributed by atoms with E-state index in [0.29, 0.717) is 5.76 Å². The Hall–Kier alpha value is -0.380. The molecule has 0 radical (unpaired) electrons. The number of carbonyl (C=O) groups is 1. The van der Waals surface area contributed by atoms with Crippen LogP contribution in [0.25, 0.3) is 0 Å². The maximum atomic E-state index is 11.5. The Morgan fingerprint density at radius 2 is 1.88 bits per heavy atom. The third-order valence-corrected chi connectivity index (χ3v) is 2.24. The number of rotatable bonds is 2. The molecule has 6 heteroatoms. The van der Waals surface area contributed by atoms with Gasteiger partial charge in [-0.15, -0.1) is 0 Å². The summed E-state index contributed by atoms with van der Waals surface area (Å²) in [5.41, 5.74) is -0.173. The highest BCUT2D eigenvalue weighted by molar-refractivity contribution is 6.67. The first-order valence-corrected chi connectivity index (χ1v) is 6.07. The van der Waals surface area contributed by atoms with Crippen molar-refractivity contribution in [1.29, 1.82) is 0 Å². The third kappa shape index (κ3) is 4.78. The summed E-state index contributed by atoms with van der Waals surface area (Å²) in [6.07, 6.45) is 0. The lowest BCUT2D eigenvalue weighted by Gasteiger charge is -2.14. The van der Waals surface area contributed by atoms with Crippen molar-refractivity contribution >= 4 is 40.8 Å². The second kappa shape index (κ2) is 5.09. The molecule has 3 nitrogen and oxygen atoms in total. The lowest BCUT2D eigenvalue weighted by Crippen LogP contribution is -2.17. The van der Waals surface area contributed by atoms with Crippen LogP contribution < -0.4 is 0 Å². The van der Waals surface area contributed by atoms with Gasteiger partial charge in [-0.05, 0) is 12.1 Å². The number of hydrogen-bond acceptors (Lipinski definition) is 3. The molecule has 0 aliphatic rings. The first-order valence-electron chi connectivity index (χ1n) is 4.94. The molecule has 0 N–H and O–H groups in total. The fourth-order valence-corrected chi connectivity index (χ4v) is 1.23. The van der Waals surface area contributed by atoms with Crippen molar-refractivity contribution in [3.63, 3.8) is 0 Å².